The fraction of sp³-hybridized carbons (Fsp3) is 0.214. The number of benzene rings is 4. The van der Waals surface area contributed by atoms with Crippen molar-refractivity contribution in [3.8, 4) is 22.3 Å². The highest BCUT2D eigenvalue weighted by Crippen LogP contribution is 2.33. The Morgan fingerprint density at radius 2 is 1.28 bits per heavy atom. The van der Waals surface area contributed by atoms with Gasteiger partial charge in [-0.25, -0.2) is 13.2 Å². The smallest absolute Gasteiger partial charge is 0.142 e. The molecular weight excluding hydrogens is 429 g/mol. The van der Waals surface area contributed by atoms with Gasteiger partial charge in [-0.2, -0.15) is 0 Å². The van der Waals surface area contributed by atoms with Crippen molar-refractivity contribution in [1.29, 1.82) is 0 Å². The summed E-state index contributed by atoms with van der Waals surface area (Å²) in [6.45, 7) is 2.20. The maximum absolute atomic E-state index is 14.9. The summed E-state index contributed by atoms with van der Waals surface area (Å²) in [4.78, 5) is 0. The molecule has 0 aromatic heterocycles. The Balaban J connectivity index is 1.62. The Bertz CT molecular complexity index is 1240. The van der Waals surface area contributed by atoms with Crippen LogP contribution < -0.4 is 0 Å². The van der Waals surface area contributed by atoms with Gasteiger partial charge in [-0.15, -0.1) is 0 Å². The van der Waals surface area contributed by atoms with Crippen LogP contribution in [0.15, 0.2) is 66.7 Å². The lowest BCUT2D eigenvalue weighted by Crippen LogP contribution is -1.93. The molecular formula is C28H24ClF3. The molecule has 32 heavy (non-hydrogen) atoms. The molecule has 0 unspecified atom stereocenters. The van der Waals surface area contributed by atoms with E-state index in [-0.39, 0.29) is 16.1 Å². The van der Waals surface area contributed by atoms with Crippen molar-refractivity contribution in [2.75, 3.05) is 0 Å². The van der Waals surface area contributed by atoms with Crippen LogP contribution >= 0.6 is 11.6 Å². The predicted octanol–water partition coefficient (Wildman–Crippen LogP) is 9.37. The summed E-state index contributed by atoms with van der Waals surface area (Å²) in [5, 5.41) is 2.03. The first kappa shape index (κ1) is 22.4. The van der Waals surface area contributed by atoms with Gasteiger partial charge in [0, 0.05) is 0 Å². The van der Waals surface area contributed by atoms with Crippen LogP contribution in [-0.2, 0) is 6.42 Å². The van der Waals surface area contributed by atoms with Gasteiger partial charge in [-0.1, -0.05) is 74.2 Å². The predicted molar refractivity (Wildman–Crippen MR) is 128 cm³/mol. The molecule has 4 rings (SSSR count). The molecule has 0 fully saturated rings. The molecule has 4 aromatic carbocycles. The Kier molecular flexibility index (Phi) is 6.86. The van der Waals surface area contributed by atoms with Crippen LogP contribution in [0.4, 0.5) is 13.2 Å². The van der Waals surface area contributed by atoms with E-state index in [1.54, 1.807) is 0 Å². The highest BCUT2D eigenvalue weighted by atomic mass is 35.5. The summed E-state index contributed by atoms with van der Waals surface area (Å²) in [5.41, 5.74) is 2.30. The number of unbranched alkanes of at least 4 members (excludes halogenated alkanes) is 3. The number of hydrogen-bond donors (Lipinski definition) is 0. The zero-order valence-electron chi connectivity index (χ0n) is 17.9. The van der Waals surface area contributed by atoms with Crippen LogP contribution in [0.5, 0.6) is 0 Å². The lowest BCUT2D eigenvalue weighted by atomic mass is 9.96. The third-order valence-electron chi connectivity index (χ3n) is 5.81. The van der Waals surface area contributed by atoms with Crippen molar-refractivity contribution >= 4 is 22.4 Å². The van der Waals surface area contributed by atoms with Crippen LogP contribution in [0.2, 0.25) is 5.02 Å². The van der Waals surface area contributed by atoms with Gasteiger partial charge in [0.05, 0.1) is 10.6 Å². The SMILES string of the molecule is CCCCCCc1ccc2cc(-c3cc(F)c(-c4ccc(Cl)c(F)c4)c(F)c3)ccc2c1. The van der Waals surface area contributed by atoms with Crippen molar-refractivity contribution < 1.29 is 13.2 Å². The lowest BCUT2D eigenvalue weighted by molar-refractivity contribution is 0.589. The molecule has 0 aliphatic heterocycles. The van der Waals surface area contributed by atoms with Crippen molar-refractivity contribution in [3.05, 3.63) is 94.8 Å². The van der Waals surface area contributed by atoms with Crippen molar-refractivity contribution in [1.82, 2.24) is 0 Å². The zero-order valence-corrected chi connectivity index (χ0v) is 18.7. The van der Waals surface area contributed by atoms with E-state index in [4.69, 9.17) is 11.6 Å². The van der Waals surface area contributed by atoms with Crippen LogP contribution in [0, 0.1) is 17.5 Å². The number of hydrogen-bond acceptors (Lipinski definition) is 0. The highest BCUT2D eigenvalue weighted by Gasteiger charge is 2.16. The second-order valence-electron chi connectivity index (χ2n) is 8.15. The van der Waals surface area contributed by atoms with E-state index in [0.29, 0.717) is 5.56 Å². The van der Waals surface area contributed by atoms with E-state index in [2.05, 4.69) is 25.1 Å². The van der Waals surface area contributed by atoms with Crippen LogP contribution in [0.1, 0.15) is 38.2 Å². The van der Waals surface area contributed by atoms with Crippen molar-refractivity contribution in [2.45, 2.75) is 39.0 Å². The number of rotatable bonds is 7. The van der Waals surface area contributed by atoms with E-state index < -0.39 is 17.5 Å². The van der Waals surface area contributed by atoms with E-state index in [9.17, 15) is 13.2 Å². The van der Waals surface area contributed by atoms with E-state index in [0.717, 1.165) is 28.8 Å². The number of halogens is 4. The molecule has 0 radical (unpaired) electrons. The van der Waals surface area contributed by atoms with Gasteiger partial charge < -0.3 is 0 Å². The molecule has 0 saturated heterocycles. The first-order chi connectivity index (χ1) is 15.5. The molecule has 164 valence electrons. The van der Waals surface area contributed by atoms with Gasteiger partial charge in [-0.05, 0) is 76.2 Å². The van der Waals surface area contributed by atoms with Crippen molar-refractivity contribution in [3.63, 3.8) is 0 Å². The minimum absolute atomic E-state index is 0.0912. The summed E-state index contributed by atoms with van der Waals surface area (Å²) < 4.78 is 43.5. The van der Waals surface area contributed by atoms with Gasteiger partial charge >= 0.3 is 0 Å². The Morgan fingerprint density at radius 1 is 0.625 bits per heavy atom. The zero-order chi connectivity index (χ0) is 22.7. The van der Waals surface area contributed by atoms with E-state index >= 15 is 0 Å². The van der Waals surface area contributed by atoms with E-state index in [1.807, 2.05) is 18.2 Å². The summed E-state index contributed by atoms with van der Waals surface area (Å²) in [6, 6.07) is 18.5. The summed E-state index contributed by atoms with van der Waals surface area (Å²) in [7, 11) is 0. The van der Waals surface area contributed by atoms with Crippen molar-refractivity contribution in [2.24, 2.45) is 0 Å². The average Bonchev–Trinajstić information content (AvgIpc) is 2.78. The normalized spacial score (nSPS) is 11.3. The van der Waals surface area contributed by atoms with Gasteiger partial charge in [-0.3, -0.25) is 0 Å². The maximum Gasteiger partial charge on any atom is 0.142 e. The quantitative estimate of drug-likeness (QED) is 0.245. The molecule has 4 heteroatoms. The minimum atomic E-state index is -0.746. The highest BCUT2D eigenvalue weighted by molar-refractivity contribution is 6.30. The summed E-state index contributed by atoms with van der Waals surface area (Å²) in [6.07, 6.45) is 5.96. The summed E-state index contributed by atoms with van der Waals surface area (Å²) in [5.74, 6) is -2.21. The first-order valence-corrected chi connectivity index (χ1v) is 11.3. The molecule has 0 amide bonds. The van der Waals surface area contributed by atoms with Crippen LogP contribution in [0.3, 0.4) is 0 Å². The molecule has 0 heterocycles. The molecule has 0 N–H and O–H groups in total. The Morgan fingerprint density at radius 3 is 2.00 bits per heavy atom. The van der Waals surface area contributed by atoms with Gasteiger partial charge in [0.2, 0.25) is 0 Å². The molecule has 0 nitrogen and oxygen atoms in total. The number of fused-ring (bicyclic) bond motifs is 1. The molecule has 0 aliphatic carbocycles. The van der Waals surface area contributed by atoms with Crippen LogP contribution in [-0.4, -0.2) is 0 Å². The second-order valence-corrected chi connectivity index (χ2v) is 8.56. The van der Waals surface area contributed by atoms with E-state index in [1.165, 1.54) is 55.5 Å². The standard InChI is InChI=1S/C28H24ClF3/c1-2-3-4-5-6-18-7-8-20-14-21(10-9-19(20)13-18)23-16-26(31)28(27(32)17-23)22-11-12-24(29)25(30)15-22/h7-17H,2-6H2,1H3. The largest absolute Gasteiger partial charge is 0.206 e. The Labute approximate surface area is 191 Å². The molecule has 4 aromatic rings. The van der Waals surface area contributed by atoms with Gasteiger partial charge in [0.15, 0.2) is 0 Å². The fourth-order valence-electron chi connectivity index (χ4n) is 4.05. The molecule has 0 bridgehead atoms. The molecule has 0 saturated carbocycles. The third-order valence-corrected chi connectivity index (χ3v) is 6.11. The molecule has 0 atom stereocenters. The third kappa shape index (κ3) is 4.83. The minimum Gasteiger partial charge on any atom is -0.206 e. The first-order valence-electron chi connectivity index (χ1n) is 10.9. The fourth-order valence-corrected chi connectivity index (χ4v) is 4.17. The van der Waals surface area contributed by atoms with Gasteiger partial charge in [0.1, 0.15) is 17.5 Å². The topological polar surface area (TPSA) is 0 Å². The number of aryl methyl sites for hydroxylation is 1. The lowest BCUT2D eigenvalue weighted by Gasteiger charge is -2.11. The molecule has 0 aliphatic rings. The monoisotopic (exact) mass is 452 g/mol. The van der Waals surface area contributed by atoms with Gasteiger partial charge in [0.25, 0.3) is 0 Å². The second kappa shape index (κ2) is 9.79. The Hall–Kier alpha value is -2.78. The average molecular weight is 453 g/mol. The maximum atomic E-state index is 14.9. The summed E-state index contributed by atoms with van der Waals surface area (Å²) >= 11 is 5.69. The molecule has 0 spiro atoms. The van der Waals surface area contributed by atoms with Crippen LogP contribution in [0.25, 0.3) is 33.0 Å².